The van der Waals surface area contributed by atoms with Gasteiger partial charge in [-0.15, -0.1) is 0 Å². The molecule has 1 aromatic carbocycles. The Bertz CT molecular complexity index is 1090. The molecule has 3 aromatic heterocycles. The van der Waals surface area contributed by atoms with Gasteiger partial charge in [0.05, 0.1) is 11.3 Å². The second-order valence-electron chi connectivity index (χ2n) is 5.93. The van der Waals surface area contributed by atoms with Crippen LogP contribution in [0.2, 0.25) is 0 Å². The summed E-state index contributed by atoms with van der Waals surface area (Å²) < 4.78 is 17.0. The zero-order chi connectivity index (χ0) is 17.5. The molecule has 0 saturated carbocycles. The van der Waals surface area contributed by atoms with Gasteiger partial charge in [-0.2, -0.15) is 0 Å². The highest BCUT2D eigenvalue weighted by molar-refractivity contribution is 6.17. The molecule has 26 heavy (non-hydrogen) atoms. The highest BCUT2D eigenvalue weighted by Crippen LogP contribution is 2.40. The second kappa shape index (κ2) is 5.77. The Morgan fingerprint density at radius 1 is 0.962 bits per heavy atom. The van der Waals surface area contributed by atoms with E-state index in [0.717, 1.165) is 11.1 Å². The van der Waals surface area contributed by atoms with E-state index in [4.69, 9.17) is 13.9 Å². The molecular weight excluding hydrogens is 332 g/mol. The third-order valence-electron chi connectivity index (χ3n) is 4.36. The van der Waals surface area contributed by atoms with Crippen molar-refractivity contribution in [2.45, 2.75) is 0 Å². The van der Waals surface area contributed by atoms with Crippen LogP contribution < -0.4 is 14.8 Å². The molecular formula is C20H14N2O4. The minimum Gasteiger partial charge on any atom is -0.486 e. The van der Waals surface area contributed by atoms with Crippen molar-refractivity contribution >= 4 is 22.8 Å². The van der Waals surface area contributed by atoms with Crippen LogP contribution >= 0.6 is 0 Å². The predicted molar refractivity (Wildman–Crippen MR) is 96.0 cm³/mol. The molecule has 0 unspecified atom stereocenters. The predicted octanol–water partition coefficient (Wildman–Crippen LogP) is 3.96. The topological polar surface area (TPSA) is 73.6 Å². The molecule has 2 bridgehead atoms. The molecule has 0 spiro atoms. The van der Waals surface area contributed by atoms with Crippen LogP contribution in [0.15, 0.2) is 59.3 Å². The van der Waals surface area contributed by atoms with Gasteiger partial charge in [0.25, 0.3) is 5.91 Å². The number of hydrogen-bond donors (Lipinski definition) is 1. The number of carbonyl (C=O) groups is 1. The summed E-state index contributed by atoms with van der Waals surface area (Å²) in [5.74, 6) is 0.924. The van der Waals surface area contributed by atoms with E-state index in [2.05, 4.69) is 10.3 Å². The van der Waals surface area contributed by atoms with Crippen LogP contribution in [0.3, 0.4) is 0 Å². The van der Waals surface area contributed by atoms with Gasteiger partial charge < -0.3 is 19.2 Å². The molecule has 0 atom stereocenters. The maximum absolute atomic E-state index is 13.0. The number of benzene rings is 2. The number of aromatic nitrogens is 1. The van der Waals surface area contributed by atoms with E-state index in [-0.39, 0.29) is 5.91 Å². The lowest BCUT2D eigenvalue weighted by molar-refractivity contribution is 0.102. The second-order valence-corrected chi connectivity index (χ2v) is 5.93. The molecule has 0 saturated heterocycles. The number of pyridine rings is 1. The number of nitrogens with zero attached hydrogens (tertiary/aromatic N) is 1. The molecule has 1 N–H and O–H groups in total. The number of ether oxygens (including phenoxy) is 2. The van der Waals surface area contributed by atoms with Crippen molar-refractivity contribution in [1.29, 1.82) is 0 Å². The molecule has 1 aliphatic heterocycles. The first-order valence-corrected chi connectivity index (χ1v) is 8.26. The van der Waals surface area contributed by atoms with Gasteiger partial charge in [-0.25, -0.2) is 0 Å². The fourth-order valence-electron chi connectivity index (χ4n) is 3.24. The van der Waals surface area contributed by atoms with Crippen LogP contribution in [0.1, 0.15) is 10.4 Å². The molecule has 0 aliphatic carbocycles. The normalized spacial score (nSPS) is 13.1. The summed E-state index contributed by atoms with van der Waals surface area (Å²) >= 11 is 0. The van der Waals surface area contributed by atoms with Crippen molar-refractivity contribution < 1.29 is 18.7 Å². The molecule has 128 valence electrons. The average Bonchev–Trinajstić information content (AvgIpc) is 3.30. The Morgan fingerprint density at radius 2 is 1.77 bits per heavy atom. The largest absolute Gasteiger partial charge is 0.486 e. The van der Waals surface area contributed by atoms with Gasteiger partial charge >= 0.3 is 0 Å². The maximum Gasteiger partial charge on any atom is 0.260 e. The van der Waals surface area contributed by atoms with Crippen LogP contribution in [0.4, 0.5) is 5.69 Å². The van der Waals surface area contributed by atoms with Crippen LogP contribution in [-0.2, 0) is 0 Å². The zero-order valence-electron chi connectivity index (χ0n) is 13.7. The monoisotopic (exact) mass is 346 g/mol. The minimum atomic E-state index is -0.256. The number of carbonyl (C=O) groups excluding carboxylic acids is 1. The number of para-hydroxylation sites is 1. The SMILES string of the molecule is O=C(Nc1cccc2c1OCCO2)c1c(-c2ccncc2)c2ccc1o2. The summed E-state index contributed by atoms with van der Waals surface area (Å²) in [4.78, 5) is 17.1. The van der Waals surface area contributed by atoms with E-state index in [0.29, 0.717) is 47.1 Å². The summed E-state index contributed by atoms with van der Waals surface area (Å²) in [6.07, 6.45) is 3.38. The lowest BCUT2D eigenvalue weighted by Gasteiger charge is -2.21. The zero-order valence-corrected chi connectivity index (χ0v) is 13.7. The highest BCUT2D eigenvalue weighted by atomic mass is 16.6. The number of furan rings is 2. The van der Waals surface area contributed by atoms with Gasteiger partial charge in [0.2, 0.25) is 0 Å². The Morgan fingerprint density at radius 3 is 2.65 bits per heavy atom. The number of amides is 1. The molecule has 0 radical (unpaired) electrons. The van der Waals surface area contributed by atoms with Crippen molar-refractivity contribution in [2.24, 2.45) is 0 Å². The standard InChI is InChI=1S/C20H14N2O4/c23-20(22-13-2-1-3-16-19(13)25-11-10-24-16)18-15-5-4-14(26-15)17(18)12-6-8-21-9-7-12/h1-9H,10-11H2,(H,22,23). The molecule has 5 rings (SSSR count). The Hall–Kier alpha value is -3.54. The number of hydrogen-bond acceptors (Lipinski definition) is 5. The lowest BCUT2D eigenvalue weighted by Crippen LogP contribution is -2.19. The minimum absolute atomic E-state index is 0.256. The van der Waals surface area contributed by atoms with Crippen molar-refractivity contribution in [2.75, 3.05) is 18.5 Å². The first-order valence-electron chi connectivity index (χ1n) is 8.26. The van der Waals surface area contributed by atoms with E-state index in [1.54, 1.807) is 24.5 Å². The maximum atomic E-state index is 13.0. The molecule has 4 heterocycles. The van der Waals surface area contributed by atoms with E-state index >= 15 is 0 Å². The van der Waals surface area contributed by atoms with Crippen LogP contribution in [0.25, 0.3) is 22.3 Å². The van der Waals surface area contributed by atoms with Gasteiger partial charge in [-0.05, 0) is 42.0 Å². The fourth-order valence-corrected chi connectivity index (χ4v) is 3.24. The first-order chi connectivity index (χ1) is 12.8. The Kier molecular flexibility index (Phi) is 3.28. The smallest absolute Gasteiger partial charge is 0.260 e. The van der Waals surface area contributed by atoms with Crippen molar-refractivity contribution in [3.05, 3.63) is 60.4 Å². The quantitative estimate of drug-likeness (QED) is 0.608. The van der Waals surface area contributed by atoms with Gasteiger partial charge in [-0.3, -0.25) is 9.78 Å². The fraction of sp³-hybridized carbons (Fsp3) is 0.100. The van der Waals surface area contributed by atoms with Crippen molar-refractivity contribution in [3.8, 4) is 22.6 Å². The first kappa shape index (κ1) is 14.8. The van der Waals surface area contributed by atoms with E-state index < -0.39 is 0 Å². The lowest BCUT2D eigenvalue weighted by atomic mass is 10.00. The highest BCUT2D eigenvalue weighted by Gasteiger charge is 2.25. The van der Waals surface area contributed by atoms with Crippen molar-refractivity contribution in [3.63, 3.8) is 0 Å². The Labute approximate surface area is 148 Å². The molecule has 4 aromatic rings. The van der Waals surface area contributed by atoms with Crippen LogP contribution in [0, 0.1) is 0 Å². The summed E-state index contributed by atoms with van der Waals surface area (Å²) in [5.41, 5.74) is 3.95. The number of fused-ring (bicyclic) bond motifs is 3. The third kappa shape index (κ3) is 2.27. The van der Waals surface area contributed by atoms with E-state index in [9.17, 15) is 4.79 Å². The molecule has 6 nitrogen and oxygen atoms in total. The van der Waals surface area contributed by atoms with Gasteiger partial charge in [0.1, 0.15) is 24.4 Å². The molecule has 0 fully saturated rings. The molecule has 6 heteroatoms. The van der Waals surface area contributed by atoms with E-state index in [1.165, 1.54) is 0 Å². The third-order valence-corrected chi connectivity index (χ3v) is 4.36. The number of rotatable bonds is 3. The van der Waals surface area contributed by atoms with E-state index in [1.807, 2.05) is 30.3 Å². The Balaban J connectivity index is 1.55. The van der Waals surface area contributed by atoms with Gasteiger partial charge in [-0.1, -0.05) is 6.07 Å². The van der Waals surface area contributed by atoms with Gasteiger partial charge in [0.15, 0.2) is 11.5 Å². The summed E-state index contributed by atoms with van der Waals surface area (Å²) in [6, 6.07) is 12.8. The average molecular weight is 346 g/mol. The molecule has 1 aliphatic rings. The number of anilines is 1. The van der Waals surface area contributed by atoms with Crippen LogP contribution in [-0.4, -0.2) is 24.1 Å². The van der Waals surface area contributed by atoms with Crippen molar-refractivity contribution in [1.82, 2.24) is 4.98 Å². The number of nitrogens with one attached hydrogen (secondary N) is 1. The summed E-state index contributed by atoms with van der Waals surface area (Å²) in [6.45, 7) is 0.947. The van der Waals surface area contributed by atoms with Gasteiger partial charge in [0, 0.05) is 18.0 Å². The summed E-state index contributed by atoms with van der Waals surface area (Å²) in [7, 11) is 0. The summed E-state index contributed by atoms with van der Waals surface area (Å²) in [5, 5.41) is 2.93. The van der Waals surface area contributed by atoms with Crippen LogP contribution in [0.5, 0.6) is 11.5 Å². The molecule has 1 amide bonds.